The molecule has 0 saturated heterocycles. The number of rotatable bonds is 8. The maximum atomic E-state index is 12.3. The number of nitrogens with one attached hydrogen (secondary N) is 5. The van der Waals surface area contributed by atoms with Gasteiger partial charge in [0.05, 0.1) is 29.7 Å². The molecule has 1 aliphatic rings. The van der Waals surface area contributed by atoms with E-state index in [4.69, 9.17) is 0 Å². The molecule has 5 N–H and O–H groups in total. The van der Waals surface area contributed by atoms with Crippen LogP contribution in [-0.2, 0) is 6.54 Å². The molecule has 1 aliphatic heterocycles. The van der Waals surface area contributed by atoms with Crippen molar-refractivity contribution in [1.29, 1.82) is 0 Å². The molecule has 150 valence electrons. The molecule has 0 aromatic carbocycles. The monoisotopic (exact) mass is 383 g/mol. The summed E-state index contributed by atoms with van der Waals surface area (Å²) in [6, 6.07) is 5.68. The largest absolute Gasteiger partial charge is 0.378 e. The van der Waals surface area contributed by atoms with Crippen molar-refractivity contribution in [1.82, 2.24) is 36.2 Å². The second kappa shape index (κ2) is 8.79. The molecule has 28 heavy (non-hydrogen) atoms. The highest BCUT2D eigenvalue weighted by Crippen LogP contribution is 2.29. The summed E-state index contributed by atoms with van der Waals surface area (Å²) in [6.07, 6.45) is 6.34. The van der Waals surface area contributed by atoms with Crippen LogP contribution < -0.4 is 21.6 Å². The SMILES string of the molecule is CCC1=C(N(NC)C(C)C)C(NCc2cc[nH]n2)=CC(c2ccc[nH]c2=O)N1. The van der Waals surface area contributed by atoms with E-state index in [1.165, 1.54) is 0 Å². The first-order valence-corrected chi connectivity index (χ1v) is 9.63. The zero-order valence-electron chi connectivity index (χ0n) is 16.8. The van der Waals surface area contributed by atoms with Crippen LogP contribution in [0.15, 0.2) is 58.6 Å². The first kappa shape index (κ1) is 19.8. The van der Waals surface area contributed by atoms with Gasteiger partial charge in [-0.15, -0.1) is 0 Å². The smallest absolute Gasteiger partial charge is 0.253 e. The Morgan fingerprint density at radius 1 is 1.29 bits per heavy atom. The number of aromatic nitrogens is 3. The third-order valence-corrected chi connectivity index (χ3v) is 4.76. The molecule has 1 atom stereocenters. The molecule has 8 nitrogen and oxygen atoms in total. The van der Waals surface area contributed by atoms with E-state index in [1.54, 1.807) is 6.20 Å². The van der Waals surface area contributed by atoms with Crippen molar-refractivity contribution in [2.75, 3.05) is 7.05 Å². The minimum Gasteiger partial charge on any atom is -0.378 e. The van der Waals surface area contributed by atoms with Crippen LogP contribution in [-0.4, -0.2) is 33.3 Å². The number of dihydropyridines is 1. The first-order chi connectivity index (χ1) is 13.5. The Kier molecular flexibility index (Phi) is 6.20. The lowest BCUT2D eigenvalue weighted by molar-refractivity contribution is 0.213. The Labute approximate surface area is 165 Å². The molecule has 0 amide bonds. The fourth-order valence-electron chi connectivity index (χ4n) is 3.44. The summed E-state index contributed by atoms with van der Waals surface area (Å²) >= 11 is 0. The van der Waals surface area contributed by atoms with Crippen molar-refractivity contribution in [2.45, 2.75) is 45.8 Å². The first-order valence-electron chi connectivity index (χ1n) is 9.63. The molecule has 2 aromatic rings. The molecule has 0 saturated carbocycles. The zero-order chi connectivity index (χ0) is 20.1. The van der Waals surface area contributed by atoms with Crippen molar-refractivity contribution in [3.8, 4) is 0 Å². The van der Waals surface area contributed by atoms with Crippen LogP contribution in [0.3, 0.4) is 0 Å². The van der Waals surface area contributed by atoms with Gasteiger partial charge in [-0.3, -0.25) is 9.89 Å². The molecule has 3 heterocycles. The van der Waals surface area contributed by atoms with Gasteiger partial charge in [0.1, 0.15) is 0 Å². The van der Waals surface area contributed by atoms with Crippen LogP contribution in [0, 0.1) is 0 Å². The van der Waals surface area contributed by atoms with E-state index in [9.17, 15) is 4.79 Å². The predicted octanol–water partition coefficient (Wildman–Crippen LogP) is 1.88. The van der Waals surface area contributed by atoms with Crippen LogP contribution in [0.4, 0.5) is 0 Å². The van der Waals surface area contributed by atoms with E-state index in [2.05, 4.69) is 63.1 Å². The summed E-state index contributed by atoms with van der Waals surface area (Å²) in [6.45, 7) is 6.97. The van der Waals surface area contributed by atoms with Crippen molar-refractivity contribution >= 4 is 0 Å². The maximum absolute atomic E-state index is 12.3. The number of pyridine rings is 1. The molecule has 3 rings (SSSR count). The quantitative estimate of drug-likeness (QED) is 0.446. The fourth-order valence-corrected chi connectivity index (χ4v) is 3.44. The summed E-state index contributed by atoms with van der Waals surface area (Å²) < 4.78 is 0. The second-order valence-electron chi connectivity index (χ2n) is 6.94. The summed E-state index contributed by atoms with van der Waals surface area (Å²) in [5.74, 6) is 0. The van der Waals surface area contributed by atoms with E-state index < -0.39 is 0 Å². The van der Waals surface area contributed by atoms with Crippen LogP contribution in [0.2, 0.25) is 0 Å². The average Bonchev–Trinajstić information content (AvgIpc) is 3.21. The Hall–Kier alpha value is -3.00. The number of hydrogen-bond donors (Lipinski definition) is 5. The molecule has 0 radical (unpaired) electrons. The Morgan fingerprint density at radius 3 is 2.71 bits per heavy atom. The van der Waals surface area contributed by atoms with E-state index >= 15 is 0 Å². The highest BCUT2D eigenvalue weighted by atomic mass is 16.1. The van der Waals surface area contributed by atoms with Gasteiger partial charge in [-0.05, 0) is 44.5 Å². The van der Waals surface area contributed by atoms with Gasteiger partial charge in [-0.25, -0.2) is 5.43 Å². The number of aromatic amines is 2. The van der Waals surface area contributed by atoms with Gasteiger partial charge in [-0.1, -0.05) is 6.92 Å². The number of hydrazine groups is 1. The van der Waals surface area contributed by atoms with E-state index in [1.807, 2.05) is 31.4 Å². The van der Waals surface area contributed by atoms with Crippen LogP contribution in [0.1, 0.15) is 44.5 Å². The lowest BCUT2D eigenvalue weighted by Gasteiger charge is -2.37. The number of nitrogens with zero attached hydrogens (tertiary/aromatic N) is 2. The summed E-state index contributed by atoms with van der Waals surface area (Å²) in [7, 11) is 1.92. The molecule has 0 aliphatic carbocycles. The molecule has 0 bridgehead atoms. The van der Waals surface area contributed by atoms with Gasteiger partial charge in [-0.2, -0.15) is 5.10 Å². The van der Waals surface area contributed by atoms with Gasteiger partial charge in [0.15, 0.2) is 0 Å². The molecule has 0 spiro atoms. The lowest BCUT2D eigenvalue weighted by Crippen LogP contribution is -2.46. The lowest BCUT2D eigenvalue weighted by atomic mass is 9.99. The number of H-pyrrole nitrogens is 2. The highest BCUT2D eigenvalue weighted by Gasteiger charge is 2.27. The van der Waals surface area contributed by atoms with E-state index in [0.29, 0.717) is 12.1 Å². The van der Waals surface area contributed by atoms with Crippen LogP contribution in [0.5, 0.6) is 0 Å². The third kappa shape index (κ3) is 4.12. The molecule has 0 fully saturated rings. The van der Waals surface area contributed by atoms with Gasteiger partial charge < -0.3 is 20.6 Å². The number of allylic oxidation sites excluding steroid dienone is 1. The summed E-state index contributed by atoms with van der Waals surface area (Å²) in [5.41, 5.74) is 7.91. The van der Waals surface area contributed by atoms with Gasteiger partial charge in [0.2, 0.25) is 0 Å². The van der Waals surface area contributed by atoms with Gasteiger partial charge in [0, 0.05) is 36.7 Å². The maximum Gasteiger partial charge on any atom is 0.253 e. The average molecular weight is 384 g/mol. The molecule has 2 aromatic heterocycles. The predicted molar refractivity (Wildman–Crippen MR) is 110 cm³/mol. The van der Waals surface area contributed by atoms with Crippen molar-refractivity contribution in [3.63, 3.8) is 0 Å². The Morgan fingerprint density at radius 2 is 2.11 bits per heavy atom. The highest BCUT2D eigenvalue weighted by molar-refractivity contribution is 5.40. The second-order valence-corrected chi connectivity index (χ2v) is 6.94. The standard InChI is InChI=1S/C20H29N7O/c1-5-16-19(27(21-4)13(2)3)18(23-12-14-8-10-24-26-14)11-17(25-16)15-7-6-9-22-20(15)28/h6-11,13,17,21,23,25H,5,12H2,1-4H3,(H,22,28)(H,24,26). The zero-order valence-corrected chi connectivity index (χ0v) is 16.8. The molecule has 1 unspecified atom stereocenters. The van der Waals surface area contributed by atoms with Crippen molar-refractivity contribution < 1.29 is 0 Å². The summed E-state index contributed by atoms with van der Waals surface area (Å²) in [4.78, 5) is 15.1. The molecule has 8 heteroatoms. The van der Waals surface area contributed by atoms with E-state index in [-0.39, 0.29) is 17.6 Å². The Bertz CT molecular complexity index is 895. The van der Waals surface area contributed by atoms with Crippen LogP contribution in [0.25, 0.3) is 0 Å². The minimum atomic E-state index is -0.212. The van der Waals surface area contributed by atoms with Crippen molar-refractivity contribution in [3.05, 3.63) is 75.4 Å². The minimum absolute atomic E-state index is 0.0869. The summed E-state index contributed by atoms with van der Waals surface area (Å²) in [5, 5.41) is 16.2. The van der Waals surface area contributed by atoms with Crippen molar-refractivity contribution in [2.24, 2.45) is 0 Å². The fraction of sp³-hybridized carbons (Fsp3) is 0.400. The topological polar surface area (TPSA) is 101 Å². The Balaban J connectivity index is 2.01. The molecular weight excluding hydrogens is 354 g/mol. The number of hydrogen-bond acceptors (Lipinski definition) is 6. The van der Waals surface area contributed by atoms with Gasteiger partial charge in [0.25, 0.3) is 5.56 Å². The molecular formula is C20H29N7O. The van der Waals surface area contributed by atoms with Gasteiger partial charge >= 0.3 is 0 Å². The van der Waals surface area contributed by atoms with Crippen LogP contribution >= 0.6 is 0 Å². The van der Waals surface area contributed by atoms with E-state index in [0.717, 1.165) is 29.2 Å². The third-order valence-electron chi connectivity index (χ3n) is 4.76. The normalized spacial score (nSPS) is 16.8.